The molecule has 0 saturated heterocycles. The average Bonchev–Trinajstić information content (AvgIpc) is 2.68. The van der Waals surface area contributed by atoms with Crippen molar-refractivity contribution in [3.8, 4) is 0 Å². The summed E-state index contributed by atoms with van der Waals surface area (Å²) in [5, 5.41) is 6.15. The highest BCUT2D eigenvalue weighted by Crippen LogP contribution is 2.09. The Morgan fingerprint density at radius 1 is 1.47 bits per heavy atom. The fraction of sp³-hybridized carbons (Fsp3) is 0.182. The van der Waals surface area contributed by atoms with Crippen LogP contribution in [0.25, 0.3) is 0 Å². The Kier molecular flexibility index (Phi) is 2.78. The first-order chi connectivity index (χ1) is 8.06. The van der Waals surface area contributed by atoms with Crippen molar-refractivity contribution < 1.29 is 9.32 Å². The maximum absolute atomic E-state index is 11.7. The molecule has 2 heterocycles. The number of amides is 1. The fourth-order valence-electron chi connectivity index (χ4n) is 1.30. The van der Waals surface area contributed by atoms with Crippen LogP contribution in [0.2, 0.25) is 0 Å². The second-order valence-electron chi connectivity index (χ2n) is 3.65. The quantitative estimate of drug-likeness (QED) is 0.837. The van der Waals surface area contributed by atoms with E-state index in [9.17, 15) is 9.59 Å². The van der Waals surface area contributed by atoms with Gasteiger partial charge in [0.2, 0.25) is 5.88 Å². The zero-order valence-electron chi connectivity index (χ0n) is 9.43. The molecule has 0 aliphatic carbocycles. The number of pyridine rings is 1. The van der Waals surface area contributed by atoms with Gasteiger partial charge in [-0.05, 0) is 13.0 Å². The van der Waals surface area contributed by atoms with Crippen molar-refractivity contribution in [2.75, 3.05) is 5.32 Å². The van der Waals surface area contributed by atoms with Crippen molar-refractivity contribution >= 4 is 11.8 Å². The molecule has 0 saturated carbocycles. The third-order valence-electron chi connectivity index (χ3n) is 2.23. The molecular weight excluding hydrogens is 222 g/mol. The van der Waals surface area contributed by atoms with E-state index >= 15 is 0 Å². The molecule has 2 rings (SSSR count). The number of hydrogen-bond donors (Lipinski definition) is 1. The lowest BCUT2D eigenvalue weighted by atomic mass is 10.2. The van der Waals surface area contributed by atoms with E-state index in [4.69, 9.17) is 4.52 Å². The van der Waals surface area contributed by atoms with Gasteiger partial charge in [0, 0.05) is 30.9 Å². The van der Waals surface area contributed by atoms with Gasteiger partial charge in [0.15, 0.2) is 0 Å². The Balaban J connectivity index is 2.20. The van der Waals surface area contributed by atoms with E-state index in [1.807, 2.05) is 0 Å². The maximum atomic E-state index is 11.7. The highest BCUT2D eigenvalue weighted by atomic mass is 16.5. The summed E-state index contributed by atoms with van der Waals surface area (Å²) in [4.78, 5) is 23.1. The molecule has 17 heavy (non-hydrogen) atoms. The summed E-state index contributed by atoms with van der Waals surface area (Å²) in [7, 11) is 1.61. The fourth-order valence-corrected chi connectivity index (χ4v) is 1.30. The number of aromatic nitrogens is 2. The van der Waals surface area contributed by atoms with Crippen molar-refractivity contribution in [2.24, 2.45) is 7.05 Å². The van der Waals surface area contributed by atoms with Crippen LogP contribution in [-0.4, -0.2) is 15.6 Å². The SMILES string of the molecule is Cc1cc(NC(=O)c2ccn(C)c(=O)c2)on1. The van der Waals surface area contributed by atoms with Crippen LogP contribution >= 0.6 is 0 Å². The lowest BCUT2D eigenvalue weighted by molar-refractivity contribution is 0.102. The van der Waals surface area contributed by atoms with E-state index in [-0.39, 0.29) is 17.0 Å². The molecule has 6 nitrogen and oxygen atoms in total. The third-order valence-corrected chi connectivity index (χ3v) is 2.23. The molecule has 0 atom stereocenters. The largest absolute Gasteiger partial charge is 0.338 e. The second-order valence-corrected chi connectivity index (χ2v) is 3.65. The minimum Gasteiger partial charge on any atom is -0.338 e. The zero-order chi connectivity index (χ0) is 12.4. The topological polar surface area (TPSA) is 77.1 Å². The van der Waals surface area contributed by atoms with Gasteiger partial charge in [-0.3, -0.25) is 14.9 Å². The van der Waals surface area contributed by atoms with Crippen LogP contribution in [0.1, 0.15) is 16.1 Å². The molecule has 0 spiro atoms. The summed E-state index contributed by atoms with van der Waals surface area (Å²) in [6, 6.07) is 4.41. The van der Waals surface area contributed by atoms with E-state index in [1.165, 1.54) is 16.8 Å². The molecule has 1 N–H and O–H groups in total. The van der Waals surface area contributed by atoms with Crippen LogP contribution < -0.4 is 10.9 Å². The summed E-state index contributed by atoms with van der Waals surface area (Å²) in [6.45, 7) is 1.75. The van der Waals surface area contributed by atoms with Crippen molar-refractivity contribution in [3.05, 3.63) is 46.0 Å². The number of aryl methyl sites for hydroxylation is 2. The Bertz CT molecular complexity index is 612. The molecule has 6 heteroatoms. The van der Waals surface area contributed by atoms with E-state index in [2.05, 4.69) is 10.5 Å². The first-order valence-electron chi connectivity index (χ1n) is 4.97. The molecule has 88 valence electrons. The molecule has 0 radical (unpaired) electrons. The number of rotatable bonds is 2. The standard InChI is InChI=1S/C11H11N3O3/c1-7-5-9(17-13-7)12-11(16)8-3-4-14(2)10(15)6-8/h3-6H,1-2H3,(H,12,16). The van der Waals surface area contributed by atoms with E-state index in [0.29, 0.717) is 5.69 Å². The maximum Gasteiger partial charge on any atom is 0.258 e. The zero-order valence-corrected chi connectivity index (χ0v) is 9.43. The van der Waals surface area contributed by atoms with Gasteiger partial charge >= 0.3 is 0 Å². The minimum atomic E-state index is -0.404. The normalized spacial score (nSPS) is 10.2. The Morgan fingerprint density at radius 2 is 2.24 bits per heavy atom. The number of anilines is 1. The number of hydrogen-bond acceptors (Lipinski definition) is 4. The third kappa shape index (κ3) is 2.41. The molecule has 0 fully saturated rings. The Morgan fingerprint density at radius 3 is 2.82 bits per heavy atom. The Labute approximate surface area is 96.9 Å². The summed E-state index contributed by atoms with van der Waals surface area (Å²) in [5.41, 5.74) is 0.706. The number of nitrogens with one attached hydrogen (secondary N) is 1. The van der Waals surface area contributed by atoms with Crippen LogP contribution in [0, 0.1) is 6.92 Å². The minimum absolute atomic E-state index is 0.244. The highest BCUT2D eigenvalue weighted by Gasteiger charge is 2.09. The molecule has 0 aromatic carbocycles. The van der Waals surface area contributed by atoms with Gasteiger partial charge in [-0.15, -0.1) is 0 Å². The smallest absolute Gasteiger partial charge is 0.258 e. The molecule has 2 aromatic heterocycles. The van der Waals surface area contributed by atoms with Crippen LogP contribution in [-0.2, 0) is 7.05 Å². The van der Waals surface area contributed by atoms with Crippen molar-refractivity contribution in [2.45, 2.75) is 6.92 Å². The van der Waals surface area contributed by atoms with Gasteiger partial charge < -0.3 is 9.09 Å². The molecule has 0 unspecified atom stereocenters. The van der Waals surface area contributed by atoms with Crippen molar-refractivity contribution in [1.82, 2.24) is 9.72 Å². The van der Waals surface area contributed by atoms with Crippen LogP contribution in [0.3, 0.4) is 0 Å². The first-order valence-corrected chi connectivity index (χ1v) is 4.97. The van der Waals surface area contributed by atoms with Crippen molar-refractivity contribution in [1.29, 1.82) is 0 Å². The number of nitrogens with zero attached hydrogens (tertiary/aromatic N) is 2. The molecule has 0 aliphatic heterocycles. The predicted molar refractivity (Wildman–Crippen MR) is 60.9 cm³/mol. The molecule has 2 aromatic rings. The summed E-state index contributed by atoms with van der Waals surface area (Å²) < 4.78 is 6.23. The van der Waals surface area contributed by atoms with E-state index in [1.54, 1.807) is 26.1 Å². The molecule has 0 bridgehead atoms. The molecule has 1 amide bonds. The van der Waals surface area contributed by atoms with Crippen LogP contribution in [0.15, 0.2) is 33.7 Å². The summed E-state index contributed by atoms with van der Waals surface area (Å²) in [6.07, 6.45) is 1.53. The number of carbonyl (C=O) groups excluding carboxylic acids is 1. The average molecular weight is 233 g/mol. The summed E-state index contributed by atoms with van der Waals surface area (Å²) >= 11 is 0. The number of carbonyl (C=O) groups is 1. The summed E-state index contributed by atoms with van der Waals surface area (Å²) in [5.74, 6) is -0.146. The van der Waals surface area contributed by atoms with Crippen LogP contribution in [0.5, 0.6) is 0 Å². The monoisotopic (exact) mass is 233 g/mol. The van der Waals surface area contributed by atoms with E-state index < -0.39 is 5.91 Å². The van der Waals surface area contributed by atoms with Gasteiger partial charge in [-0.1, -0.05) is 5.16 Å². The van der Waals surface area contributed by atoms with Gasteiger partial charge in [0.1, 0.15) is 0 Å². The first kappa shape index (κ1) is 11.1. The lowest BCUT2D eigenvalue weighted by Crippen LogP contribution is -2.19. The predicted octanol–water partition coefficient (Wildman–Crippen LogP) is 0.934. The van der Waals surface area contributed by atoms with Crippen LogP contribution in [0.4, 0.5) is 5.88 Å². The second kappa shape index (κ2) is 4.25. The molecular formula is C11H11N3O3. The Hall–Kier alpha value is -2.37. The lowest BCUT2D eigenvalue weighted by Gasteiger charge is -2.01. The van der Waals surface area contributed by atoms with Gasteiger partial charge in [0.25, 0.3) is 11.5 Å². The highest BCUT2D eigenvalue weighted by molar-refractivity contribution is 6.03. The van der Waals surface area contributed by atoms with Gasteiger partial charge in [-0.2, -0.15) is 0 Å². The van der Waals surface area contributed by atoms with Gasteiger partial charge in [0.05, 0.1) is 5.69 Å². The van der Waals surface area contributed by atoms with Gasteiger partial charge in [-0.25, -0.2) is 0 Å². The van der Waals surface area contributed by atoms with E-state index in [0.717, 1.165) is 0 Å². The van der Waals surface area contributed by atoms with Crippen molar-refractivity contribution in [3.63, 3.8) is 0 Å². The molecule has 0 aliphatic rings.